The fourth-order valence-corrected chi connectivity index (χ4v) is 2.61. The molecule has 0 fully saturated rings. The lowest BCUT2D eigenvalue weighted by Gasteiger charge is -2.11. The maximum absolute atomic E-state index is 12.4. The molecular formula is C17H15N3O3. The molecule has 0 saturated carbocycles. The van der Waals surface area contributed by atoms with Crippen molar-refractivity contribution < 1.29 is 14.4 Å². The van der Waals surface area contributed by atoms with E-state index >= 15 is 0 Å². The van der Waals surface area contributed by atoms with Crippen molar-refractivity contribution in [1.82, 2.24) is 0 Å². The summed E-state index contributed by atoms with van der Waals surface area (Å²) in [7, 11) is 1.71. The van der Waals surface area contributed by atoms with Crippen LogP contribution in [0.2, 0.25) is 0 Å². The summed E-state index contributed by atoms with van der Waals surface area (Å²) >= 11 is 0. The Bertz CT molecular complexity index is 830. The summed E-state index contributed by atoms with van der Waals surface area (Å²) in [4.78, 5) is 37.0. The van der Waals surface area contributed by atoms with Gasteiger partial charge < -0.3 is 16.0 Å². The Labute approximate surface area is 132 Å². The van der Waals surface area contributed by atoms with Crippen LogP contribution in [-0.2, 0) is 11.2 Å². The largest absolute Gasteiger partial charge is 0.366 e. The van der Waals surface area contributed by atoms with Crippen LogP contribution in [0.3, 0.4) is 0 Å². The van der Waals surface area contributed by atoms with Crippen molar-refractivity contribution in [3.05, 3.63) is 59.2 Å². The highest BCUT2D eigenvalue weighted by atomic mass is 16.2. The molecule has 2 aromatic carbocycles. The molecule has 3 amide bonds. The van der Waals surface area contributed by atoms with E-state index in [0.717, 1.165) is 11.3 Å². The summed E-state index contributed by atoms with van der Waals surface area (Å²) < 4.78 is 0. The van der Waals surface area contributed by atoms with Gasteiger partial charge in [-0.05, 0) is 35.9 Å². The number of primary amides is 1. The maximum Gasteiger partial charge on any atom is 0.255 e. The van der Waals surface area contributed by atoms with Gasteiger partial charge in [-0.15, -0.1) is 0 Å². The van der Waals surface area contributed by atoms with Gasteiger partial charge in [0, 0.05) is 18.3 Å². The number of hydrogen-bond acceptors (Lipinski definition) is 3. The fourth-order valence-electron chi connectivity index (χ4n) is 2.61. The maximum atomic E-state index is 12.4. The highest BCUT2D eigenvalue weighted by Crippen LogP contribution is 2.28. The minimum Gasteiger partial charge on any atom is -0.366 e. The summed E-state index contributed by atoms with van der Waals surface area (Å²) in [5.74, 6) is -0.970. The van der Waals surface area contributed by atoms with Gasteiger partial charge in [-0.3, -0.25) is 14.4 Å². The first-order chi connectivity index (χ1) is 11.0. The van der Waals surface area contributed by atoms with E-state index in [0.29, 0.717) is 11.3 Å². The lowest BCUT2D eigenvalue weighted by Crippen LogP contribution is -2.20. The standard InChI is InChI=1S/C17H15N3O3/c1-20-14-7-6-10(8-11(14)9-15(20)21)17(23)19-13-5-3-2-4-12(13)16(18)22/h2-8H,9H2,1H3,(H2,18,22)(H,19,23). The summed E-state index contributed by atoms with van der Waals surface area (Å²) in [5, 5.41) is 2.68. The van der Waals surface area contributed by atoms with Crippen molar-refractivity contribution in [3.63, 3.8) is 0 Å². The third-order valence-electron chi connectivity index (χ3n) is 3.86. The van der Waals surface area contributed by atoms with Gasteiger partial charge in [0.1, 0.15) is 0 Å². The summed E-state index contributed by atoms with van der Waals surface area (Å²) in [6, 6.07) is 11.6. The number of likely N-dealkylation sites (N-methyl/N-ethyl adjacent to an activating group) is 1. The van der Waals surface area contributed by atoms with Crippen LogP contribution in [0.1, 0.15) is 26.3 Å². The van der Waals surface area contributed by atoms with Crippen LogP contribution in [0.5, 0.6) is 0 Å². The molecule has 3 N–H and O–H groups in total. The van der Waals surface area contributed by atoms with E-state index in [-0.39, 0.29) is 23.8 Å². The first-order valence-corrected chi connectivity index (χ1v) is 7.07. The van der Waals surface area contributed by atoms with Gasteiger partial charge in [0.15, 0.2) is 0 Å². The summed E-state index contributed by atoms with van der Waals surface area (Å²) in [5.41, 5.74) is 7.95. The SMILES string of the molecule is CN1C(=O)Cc2cc(C(=O)Nc3ccccc3C(N)=O)ccc21. The number of carbonyl (C=O) groups is 3. The molecule has 0 spiro atoms. The van der Waals surface area contributed by atoms with Gasteiger partial charge >= 0.3 is 0 Å². The zero-order chi connectivity index (χ0) is 16.6. The smallest absolute Gasteiger partial charge is 0.255 e. The van der Waals surface area contributed by atoms with Crippen LogP contribution < -0.4 is 16.0 Å². The topological polar surface area (TPSA) is 92.5 Å². The Balaban J connectivity index is 1.87. The quantitative estimate of drug-likeness (QED) is 0.901. The van der Waals surface area contributed by atoms with E-state index in [1.165, 1.54) is 0 Å². The van der Waals surface area contributed by atoms with Crippen LogP contribution in [0, 0.1) is 0 Å². The predicted molar refractivity (Wildman–Crippen MR) is 86.5 cm³/mol. The first kappa shape index (κ1) is 14.8. The second-order valence-corrected chi connectivity index (χ2v) is 5.34. The van der Waals surface area contributed by atoms with Crippen molar-refractivity contribution >= 4 is 29.1 Å². The Morgan fingerprint density at radius 3 is 2.65 bits per heavy atom. The number of nitrogens with two attached hydrogens (primary N) is 1. The lowest BCUT2D eigenvalue weighted by molar-refractivity contribution is -0.117. The van der Waals surface area contributed by atoms with Gasteiger partial charge in [0.25, 0.3) is 11.8 Å². The molecule has 0 radical (unpaired) electrons. The average molecular weight is 309 g/mol. The second-order valence-electron chi connectivity index (χ2n) is 5.34. The van der Waals surface area contributed by atoms with Crippen molar-refractivity contribution in [2.75, 3.05) is 17.3 Å². The molecule has 0 aromatic heterocycles. The van der Waals surface area contributed by atoms with Gasteiger partial charge in [-0.1, -0.05) is 12.1 Å². The number of rotatable bonds is 3. The van der Waals surface area contributed by atoms with Crippen molar-refractivity contribution in [3.8, 4) is 0 Å². The molecule has 1 heterocycles. The van der Waals surface area contributed by atoms with Gasteiger partial charge in [-0.25, -0.2) is 0 Å². The molecule has 23 heavy (non-hydrogen) atoms. The molecule has 116 valence electrons. The Morgan fingerprint density at radius 2 is 1.91 bits per heavy atom. The molecule has 1 aliphatic heterocycles. The molecule has 1 aliphatic rings. The van der Waals surface area contributed by atoms with E-state index in [2.05, 4.69) is 5.32 Å². The summed E-state index contributed by atoms with van der Waals surface area (Å²) in [6.07, 6.45) is 0.283. The van der Waals surface area contributed by atoms with Gasteiger partial charge in [-0.2, -0.15) is 0 Å². The van der Waals surface area contributed by atoms with Crippen LogP contribution in [0.15, 0.2) is 42.5 Å². The third-order valence-corrected chi connectivity index (χ3v) is 3.86. The Morgan fingerprint density at radius 1 is 1.17 bits per heavy atom. The molecule has 0 bridgehead atoms. The molecule has 0 saturated heterocycles. The third kappa shape index (κ3) is 2.66. The van der Waals surface area contributed by atoms with Crippen LogP contribution >= 0.6 is 0 Å². The number of benzene rings is 2. The van der Waals surface area contributed by atoms with E-state index in [4.69, 9.17) is 5.73 Å². The Hall–Kier alpha value is -3.15. The number of nitrogens with zero attached hydrogens (tertiary/aromatic N) is 1. The van der Waals surface area contributed by atoms with Crippen LogP contribution in [0.25, 0.3) is 0 Å². The van der Waals surface area contributed by atoms with Crippen LogP contribution in [0.4, 0.5) is 11.4 Å². The van der Waals surface area contributed by atoms with Crippen molar-refractivity contribution in [1.29, 1.82) is 0 Å². The number of carbonyl (C=O) groups excluding carboxylic acids is 3. The average Bonchev–Trinajstić information content (AvgIpc) is 2.82. The second kappa shape index (κ2) is 5.57. The highest BCUT2D eigenvalue weighted by Gasteiger charge is 2.24. The molecular weight excluding hydrogens is 294 g/mol. The molecule has 0 atom stereocenters. The zero-order valence-electron chi connectivity index (χ0n) is 12.5. The normalized spacial score (nSPS) is 12.9. The summed E-state index contributed by atoms with van der Waals surface area (Å²) in [6.45, 7) is 0. The van der Waals surface area contributed by atoms with Crippen molar-refractivity contribution in [2.45, 2.75) is 6.42 Å². The monoisotopic (exact) mass is 309 g/mol. The van der Waals surface area contributed by atoms with E-state index < -0.39 is 5.91 Å². The van der Waals surface area contributed by atoms with Crippen molar-refractivity contribution in [2.24, 2.45) is 5.73 Å². The predicted octanol–water partition coefficient (Wildman–Crippen LogP) is 1.56. The van der Waals surface area contributed by atoms with E-state index in [1.54, 1.807) is 54.4 Å². The molecule has 0 aliphatic carbocycles. The van der Waals surface area contributed by atoms with E-state index in [1.807, 2.05) is 0 Å². The van der Waals surface area contributed by atoms with Crippen LogP contribution in [-0.4, -0.2) is 24.8 Å². The first-order valence-electron chi connectivity index (χ1n) is 7.07. The number of hydrogen-bond donors (Lipinski definition) is 2. The number of fused-ring (bicyclic) bond motifs is 1. The molecule has 3 rings (SSSR count). The minimum atomic E-state index is -0.609. The number of para-hydroxylation sites is 1. The fraction of sp³-hybridized carbons (Fsp3) is 0.118. The molecule has 6 heteroatoms. The molecule has 2 aromatic rings. The number of anilines is 2. The molecule has 6 nitrogen and oxygen atoms in total. The lowest BCUT2D eigenvalue weighted by atomic mass is 10.1. The zero-order valence-corrected chi connectivity index (χ0v) is 12.5. The van der Waals surface area contributed by atoms with E-state index in [9.17, 15) is 14.4 Å². The number of nitrogens with one attached hydrogen (secondary N) is 1. The minimum absolute atomic E-state index is 0.00312. The Kier molecular flexibility index (Phi) is 3.57. The highest BCUT2D eigenvalue weighted by molar-refractivity contribution is 6.09. The number of amides is 3. The van der Waals surface area contributed by atoms with Gasteiger partial charge in [0.05, 0.1) is 17.7 Å². The molecule has 0 unspecified atom stereocenters. The van der Waals surface area contributed by atoms with Gasteiger partial charge in [0.2, 0.25) is 5.91 Å².